The fraction of sp³-hybridized carbons (Fsp3) is 0.310. The van der Waals surface area contributed by atoms with E-state index in [4.69, 9.17) is 4.74 Å². The first-order valence-corrected chi connectivity index (χ1v) is 11.7. The predicted octanol–water partition coefficient (Wildman–Crippen LogP) is 7.73. The van der Waals surface area contributed by atoms with Crippen molar-refractivity contribution in [2.75, 3.05) is 6.61 Å². The number of hydrogen-bond donors (Lipinski definition) is 1. The molecule has 0 radical (unpaired) electrons. The Morgan fingerprint density at radius 2 is 1.74 bits per heavy atom. The molecule has 0 amide bonds. The van der Waals surface area contributed by atoms with E-state index >= 15 is 0 Å². The molecule has 0 aromatic heterocycles. The maximum atomic E-state index is 14.6. The Bertz CT molecular complexity index is 1090. The molecular weight excluding hydrogens is 437 g/mol. The van der Waals surface area contributed by atoms with Gasteiger partial charge in [-0.05, 0) is 72.6 Å². The fourth-order valence-electron chi connectivity index (χ4n) is 3.82. The third-order valence-electron chi connectivity index (χ3n) is 5.83. The molecule has 5 heteroatoms. The quantitative estimate of drug-likeness (QED) is 0.218. The van der Waals surface area contributed by atoms with E-state index in [-0.39, 0.29) is 17.1 Å². The van der Waals surface area contributed by atoms with Crippen molar-refractivity contribution in [2.24, 2.45) is 0 Å². The minimum atomic E-state index is -0.997. The highest BCUT2D eigenvalue weighted by Crippen LogP contribution is 2.30. The molecule has 3 aromatic rings. The van der Waals surface area contributed by atoms with Gasteiger partial charge < -0.3 is 9.84 Å². The van der Waals surface area contributed by atoms with Crippen LogP contribution in [0.25, 0.3) is 11.1 Å². The summed E-state index contributed by atoms with van der Waals surface area (Å²) in [5, 5.41) is 10.0. The van der Waals surface area contributed by atoms with Crippen molar-refractivity contribution in [1.82, 2.24) is 0 Å². The van der Waals surface area contributed by atoms with Gasteiger partial charge in [-0.2, -0.15) is 4.39 Å². The normalized spacial score (nSPS) is 11.9. The van der Waals surface area contributed by atoms with Crippen molar-refractivity contribution in [2.45, 2.75) is 51.6 Å². The second-order valence-corrected chi connectivity index (χ2v) is 8.37. The standard InChI is InChI=1S/C29H31F3O2/c1-3-5-6-18-34-27-17-16-24(28(31)29(27)32)21-11-8-20(9-12-21)10-13-22-14-15-23(19-25(22)30)26(33)7-4-2/h3,8-9,11-12,14-17,19,26,33H,1,4-7,10,13,18H2,2H3. The molecule has 0 spiro atoms. The Morgan fingerprint density at radius 1 is 0.971 bits per heavy atom. The number of aliphatic hydroxyl groups is 1. The molecule has 3 rings (SSSR count). The Labute approximate surface area is 199 Å². The largest absolute Gasteiger partial charge is 0.490 e. The third-order valence-corrected chi connectivity index (χ3v) is 5.83. The van der Waals surface area contributed by atoms with Gasteiger partial charge in [-0.25, -0.2) is 8.78 Å². The van der Waals surface area contributed by atoms with Gasteiger partial charge in [-0.1, -0.05) is 55.8 Å². The molecule has 0 saturated heterocycles. The minimum absolute atomic E-state index is 0.0998. The Hall–Kier alpha value is -3.05. The maximum absolute atomic E-state index is 14.6. The number of hydrogen-bond acceptors (Lipinski definition) is 2. The fourth-order valence-corrected chi connectivity index (χ4v) is 3.82. The van der Waals surface area contributed by atoms with Crippen LogP contribution < -0.4 is 4.74 Å². The molecule has 3 aromatic carbocycles. The van der Waals surface area contributed by atoms with Gasteiger partial charge in [-0.15, -0.1) is 6.58 Å². The molecule has 1 atom stereocenters. The molecular formula is C29H31F3O2. The lowest BCUT2D eigenvalue weighted by atomic mass is 9.98. The number of allylic oxidation sites excluding steroid dienone is 1. The second-order valence-electron chi connectivity index (χ2n) is 8.37. The number of ether oxygens (including phenoxy) is 1. The van der Waals surface area contributed by atoms with Gasteiger partial charge in [-0.3, -0.25) is 0 Å². The first-order chi connectivity index (χ1) is 16.4. The van der Waals surface area contributed by atoms with Crippen molar-refractivity contribution in [1.29, 1.82) is 0 Å². The zero-order chi connectivity index (χ0) is 24.5. The highest BCUT2D eigenvalue weighted by molar-refractivity contribution is 5.65. The summed E-state index contributed by atoms with van der Waals surface area (Å²) in [7, 11) is 0. The number of aliphatic hydroxyl groups excluding tert-OH is 1. The summed E-state index contributed by atoms with van der Waals surface area (Å²) < 4.78 is 48.9. The van der Waals surface area contributed by atoms with Gasteiger partial charge >= 0.3 is 0 Å². The van der Waals surface area contributed by atoms with Crippen LogP contribution in [0.5, 0.6) is 5.75 Å². The summed E-state index contributed by atoms with van der Waals surface area (Å²) in [5.41, 5.74) is 2.85. The molecule has 0 bridgehead atoms. The molecule has 0 aliphatic carbocycles. The van der Waals surface area contributed by atoms with Crippen LogP contribution in [0.4, 0.5) is 13.2 Å². The van der Waals surface area contributed by atoms with E-state index in [9.17, 15) is 18.3 Å². The van der Waals surface area contributed by atoms with Gasteiger partial charge in [0.2, 0.25) is 5.82 Å². The van der Waals surface area contributed by atoms with Gasteiger partial charge in [0.1, 0.15) is 5.82 Å². The average molecular weight is 469 g/mol. The van der Waals surface area contributed by atoms with E-state index in [0.29, 0.717) is 49.0 Å². The topological polar surface area (TPSA) is 29.5 Å². The van der Waals surface area contributed by atoms with Crippen LogP contribution in [0.2, 0.25) is 0 Å². The average Bonchev–Trinajstić information content (AvgIpc) is 2.84. The summed E-state index contributed by atoms with van der Waals surface area (Å²) in [6.45, 7) is 5.88. The zero-order valence-corrected chi connectivity index (χ0v) is 19.5. The van der Waals surface area contributed by atoms with Crippen molar-refractivity contribution >= 4 is 0 Å². The maximum Gasteiger partial charge on any atom is 0.201 e. The highest BCUT2D eigenvalue weighted by atomic mass is 19.2. The Kier molecular flexibility index (Phi) is 9.34. The van der Waals surface area contributed by atoms with Gasteiger partial charge in [0.25, 0.3) is 0 Å². The van der Waals surface area contributed by atoms with E-state index in [1.54, 1.807) is 30.3 Å². The van der Waals surface area contributed by atoms with E-state index in [2.05, 4.69) is 6.58 Å². The van der Waals surface area contributed by atoms with Crippen LogP contribution in [0.3, 0.4) is 0 Å². The van der Waals surface area contributed by atoms with Crippen LogP contribution in [0.15, 0.2) is 67.3 Å². The number of halogens is 3. The van der Waals surface area contributed by atoms with Crippen molar-refractivity contribution in [3.63, 3.8) is 0 Å². The Morgan fingerprint density at radius 3 is 2.41 bits per heavy atom. The van der Waals surface area contributed by atoms with E-state index in [0.717, 1.165) is 18.4 Å². The van der Waals surface area contributed by atoms with Crippen LogP contribution in [0, 0.1) is 17.5 Å². The molecule has 1 unspecified atom stereocenters. The van der Waals surface area contributed by atoms with Crippen LogP contribution >= 0.6 is 0 Å². The Balaban J connectivity index is 1.64. The lowest BCUT2D eigenvalue weighted by Gasteiger charge is -2.12. The van der Waals surface area contributed by atoms with Gasteiger partial charge in [0, 0.05) is 5.56 Å². The van der Waals surface area contributed by atoms with E-state index in [1.165, 1.54) is 18.2 Å². The van der Waals surface area contributed by atoms with Crippen molar-refractivity contribution in [3.05, 3.63) is 101 Å². The van der Waals surface area contributed by atoms with Crippen LogP contribution in [-0.2, 0) is 12.8 Å². The van der Waals surface area contributed by atoms with Crippen LogP contribution in [0.1, 0.15) is 55.4 Å². The minimum Gasteiger partial charge on any atom is -0.490 e. The highest BCUT2D eigenvalue weighted by Gasteiger charge is 2.16. The molecule has 1 N–H and O–H groups in total. The lowest BCUT2D eigenvalue weighted by Crippen LogP contribution is -2.01. The molecule has 34 heavy (non-hydrogen) atoms. The summed E-state index contributed by atoms with van der Waals surface area (Å²) in [4.78, 5) is 0. The SMILES string of the molecule is C=CCCCOc1ccc(-c2ccc(CCc3ccc(C(O)CCC)cc3F)cc2)c(F)c1F. The van der Waals surface area contributed by atoms with Crippen LogP contribution in [-0.4, -0.2) is 11.7 Å². The number of unbranched alkanes of at least 4 members (excludes halogenated alkanes) is 1. The molecule has 0 aliphatic rings. The second kappa shape index (κ2) is 12.4. The van der Waals surface area contributed by atoms with E-state index in [1.807, 2.05) is 19.1 Å². The first-order valence-electron chi connectivity index (χ1n) is 11.7. The van der Waals surface area contributed by atoms with Gasteiger partial charge in [0.05, 0.1) is 12.7 Å². The third kappa shape index (κ3) is 6.51. The molecule has 0 aliphatic heterocycles. The smallest absolute Gasteiger partial charge is 0.201 e. The number of aryl methyl sites for hydroxylation is 2. The van der Waals surface area contributed by atoms with Crippen molar-refractivity contribution < 1.29 is 23.0 Å². The zero-order valence-electron chi connectivity index (χ0n) is 19.5. The molecule has 0 heterocycles. The molecule has 0 fully saturated rings. The number of rotatable bonds is 12. The monoisotopic (exact) mass is 468 g/mol. The first kappa shape index (κ1) is 25.6. The van der Waals surface area contributed by atoms with Crippen molar-refractivity contribution in [3.8, 4) is 16.9 Å². The lowest BCUT2D eigenvalue weighted by molar-refractivity contribution is 0.166. The summed E-state index contributed by atoms with van der Waals surface area (Å²) in [6, 6.07) is 15.0. The summed E-state index contributed by atoms with van der Waals surface area (Å²) >= 11 is 0. The summed E-state index contributed by atoms with van der Waals surface area (Å²) in [5.74, 6) is -2.37. The van der Waals surface area contributed by atoms with E-state index < -0.39 is 17.7 Å². The molecule has 180 valence electrons. The molecule has 2 nitrogen and oxygen atoms in total. The molecule has 0 saturated carbocycles. The predicted molar refractivity (Wildman–Crippen MR) is 130 cm³/mol. The summed E-state index contributed by atoms with van der Waals surface area (Å²) in [6.07, 6.45) is 5.05. The van der Waals surface area contributed by atoms with Gasteiger partial charge in [0.15, 0.2) is 11.6 Å². The number of benzene rings is 3.